The van der Waals surface area contributed by atoms with Crippen LogP contribution in [0.2, 0.25) is 30.1 Å². The minimum Gasteiger partial charge on any atom is -0.415 e. The molecule has 10 heteroatoms. The molecule has 0 radical (unpaired) electrons. The second-order valence-electron chi connectivity index (χ2n) is 4.35. The van der Waals surface area contributed by atoms with E-state index in [0.717, 1.165) is 0 Å². The first-order valence-corrected chi connectivity index (χ1v) is 10.1. The SMILES string of the molecule is CP(=O)(Oc1cc(Cl)c(Cl)cc1Cl)Oc1cc(Cl)c(Cl)cc1Cl. The minimum atomic E-state index is -3.63. The summed E-state index contributed by atoms with van der Waals surface area (Å²) in [7, 11) is -3.63. The summed E-state index contributed by atoms with van der Waals surface area (Å²) in [4.78, 5) is 0. The van der Waals surface area contributed by atoms with Gasteiger partial charge in [-0.2, -0.15) is 0 Å². The molecule has 23 heavy (non-hydrogen) atoms. The molecular formula is C13H7Cl6O3P. The van der Waals surface area contributed by atoms with Crippen LogP contribution in [-0.4, -0.2) is 6.66 Å². The van der Waals surface area contributed by atoms with E-state index in [1.165, 1.54) is 30.9 Å². The highest BCUT2D eigenvalue weighted by molar-refractivity contribution is 7.53. The summed E-state index contributed by atoms with van der Waals surface area (Å²) >= 11 is 35.4. The van der Waals surface area contributed by atoms with E-state index in [0.29, 0.717) is 0 Å². The highest BCUT2D eigenvalue weighted by Crippen LogP contribution is 2.50. The van der Waals surface area contributed by atoms with Crippen LogP contribution in [0.1, 0.15) is 0 Å². The van der Waals surface area contributed by atoms with Gasteiger partial charge in [-0.05, 0) is 12.1 Å². The van der Waals surface area contributed by atoms with Gasteiger partial charge in [0.2, 0.25) is 0 Å². The van der Waals surface area contributed by atoms with Crippen LogP contribution in [0.25, 0.3) is 0 Å². The molecule has 0 aromatic heterocycles. The largest absolute Gasteiger partial charge is 0.427 e. The van der Waals surface area contributed by atoms with Gasteiger partial charge in [0.15, 0.2) is 0 Å². The zero-order chi connectivity index (χ0) is 17.4. The standard InChI is InChI=1S/C13H7Cl6O3P/c1-23(20,21-12-4-8(16)6(14)2-10(12)18)22-13-5-9(17)7(15)3-11(13)19/h2-5H,1H3. The van der Waals surface area contributed by atoms with Gasteiger partial charge in [0.05, 0.1) is 36.8 Å². The minimum absolute atomic E-state index is 0.0584. The predicted molar refractivity (Wildman–Crippen MR) is 97.7 cm³/mol. The van der Waals surface area contributed by atoms with Crippen molar-refractivity contribution in [2.75, 3.05) is 6.66 Å². The van der Waals surface area contributed by atoms with Gasteiger partial charge in [-0.15, -0.1) is 0 Å². The Morgan fingerprint density at radius 3 is 1.30 bits per heavy atom. The molecule has 2 rings (SSSR count). The highest BCUT2D eigenvalue weighted by Gasteiger charge is 2.24. The molecule has 0 aliphatic carbocycles. The molecule has 0 unspecified atom stereocenters. The van der Waals surface area contributed by atoms with E-state index in [-0.39, 0.29) is 41.6 Å². The summed E-state index contributed by atoms with van der Waals surface area (Å²) in [6, 6.07) is 5.41. The first kappa shape index (κ1) is 19.3. The molecule has 0 amide bonds. The van der Waals surface area contributed by atoms with Crippen molar-refractivity contribution in [2.24, 2.45) is 0 Å². The Labute approximate surface area is 162 Å². The molecule has 0 bridgehead atoms. The summed E-state index contributed by atoms with van der Waals surface area (Å²) < 4.78 is 23.2. The summed E-state index contributed by atoms with van der Waals surface area (Å²) in [5, 5.41) is 1.12. The maximum absolute atomic E-state index is 12.5. The summed E-state index contributed by atoms with van der Waals surface area (Å²) in [5.74, 6) is 0.117. The topological polar surface area (TPSA) is 35.5 Å². The van der Waals surface area contributed by atoms with Crippen LogP contribution in [0, 0.1) is 0 Å². The Bertz CT molecular complexity index is 747. The van der Waals surface area contributed by atoms with Crippen molar-refractivity contribution in [3.05, 3.63) is 54.4 Å². The fourth-order valence-corrected chi connectivity index (χ4v) is 3.84. The Morgan fingerprint density at radius 1 is 0.652 bits per heavy atom. The van der Waals surface area contributed by atoms with Crippen LogP contribution in [0.4, 0.5) is 0 Å². The summed E-state index contributed by atoms with van der Waals surface area (Å²) in [6.07, 6.45) is 0. The van der Waals surface area contributed by atoms with Crippen LogP contribution in [-0.2, 0) is 4.57 Å². The highest BCUT2D eigenvalue weighted by atomic mass is 35.5. The molecule has 0 atom stereocenters. The molecular weight excluding hydrogens is 448 g/mol. The van der Waals surface area contributed by atoms with Crippen LogP contribution in [0.5, 0.6) is 11.5 Å². The molecule has 124 valence electrons. The van der Waals surface area contributed by atoms with Crippen molar-refractivity contribution >= 4 is 77.2 Å². The van der Waals surface area contributed by atoms with Crippen LogP contribution >= 0.6 is 77.2 Å². The number of hydrogen-bond donors (Lipinski definition) is 0. The van der Waals surface area contributed by atoms with Gasteiger partial charge in [-0.1, -0.05) is 69.6 Å². The second kappa shape index (κ2) is 7.49. The first-order valence-electron chi connectivity index (χ1n) is 5.85. The number of halogens is 6. The average molecular weight is 455 g/mol. The molecule has 3 nitrogen and oxygen atoms in total. The van der Waals surface area contributed by atoms with Crippen molar-refractivity contribution in [3.8, 4) is 11.5 Å². The van der Waals surface area contributed by atoms with E-state index >= 15 is 0 Å². The van der Waals surface area contributed by atoms with Crippen LogP contribution in [0.15, 0.2) is 24.3 Å². The molecule has 2 aromatic rings. The summed E-state index contributed by atoms with van der Waals surface area (Å²) in [6.45, 7) is 1.24. The maximum Gasteiger partial charge on any atom is 0.427 e. The lowest BCUT2D eigenvalue weighted by molar-refractivity contribution is 0.393. The molecule has 0 saturated carbocycles. The molecule has 0 fully saturated rings. The van der Waals surface area contributed by atoms with Gasteiger partial charge in [-0.25, -0.2) is 4.57 Å². The lowest BCUT2D eigenvalue weighted by Crippen LogP contribution is -2.00. The van der Waals surface area contributed by atoms with E-state index in [9.17, 15) is 4.57 Å². The predicted octanol–water partition coefficient (Wildman–Crippen LogP) is 7.89. The van der Waals surface area contributed by atoms with Gasteiger partial charge in [0.1, 0.15) is 11.5 Å². The quantitative estimate of drug-likeness (QED) is 0.348. The van der Waals surface area contributed by atoms with E-state index in [1.807, 2.05) is 0 Å². The average Bonchev–Trinajstić information content (AvgIpc) is 2.41. The zero-order valence-electron chi connectivity index (χ0n) is 11.2. The molecule has 0 heterocycles. The Hall–Kier alpha value is 0.01000. The van der Waals surface area contributed by atoms with E-state index in [2.05, 4.69) is 0 Å². The number of benzene rings is 2. The van der Waals surface area contributed by atoms with Gasteiger partial charge >= 0.3 is 7.60 Å². The van der Waals surface area contributed by atoms with E-state index < -0.39 is 7.60 Å². The molecule has 0 aliphatic rings. The molecule has 0 N–H and O–H groups in total. The van der Waals surface area contributed by atoms with Crippen molar-refractivity contribution in [1.29, 1.82) is 0 Å². The van der Waals surface area contributed by atoms with Crippen molar-refractivity contribution in [2.45, 2.75) is 0 Å². The van der Waals surface area contributed by atoms with Crippen LogP contribution in [0.3, 0.4) is 0 Å². The lowest BCUT2D eigenvalue weighted by atomic mass is 10.3. The molecule has 0 saturated heterocycles. The number of rotatable bonds is 4. The lowest BCUT2D eigenvalue weighted by Gasteiger charge is -2.18. The third-order valence-corrected chi connectivity index (χ3v) is 5.57. The van der Waals surface area contributed by atoms with Crippen molar-refractivity contribution < 1.29 is 13.6 Å². The van der Waals surface area contributed by atoms with Crippen molar-refractivity contribution in [1.82, 2.24) is 0 Å². The Balaban J connectivity index is 2.28. The first-order chi connectivity index (χ1) is 10.6. The Kier molecular flexibility index (Phi) is 6.30. The van der Waals surface area contributed by atoms with Gasteiger partial charge in [0, 0.05) is 12.1 Å². The third-order valence-electron chi connectivity index (χ3n) is 2.48. The smallest absolute Gasteiger partial charge is 0.415 e. The second-order valence-corrected chi connectivity index (χ2v) is 8.70. The Morgan fingerprint density at radius 2 is 0.957 bits per heavy atom. The third kappa shape index (κ3) is 4.99. The monoisotopic (exact) mass is 452 g/mol. The van der Waals surface area contributed by atoms with Gasteiger partial charge in [-0.3, -0.25) is 0 Å². The molecule has 2 aromatic carbocycles. The normalized spacial score (nSPS) is 11.4. The molecule has 0 spiro atoms. The van der Waals surface area contributed by atoms with Gasteiger partial charge in [0.25, 0.3) is 0 Å². The van der Waals surface area contributed by atoms with E-state index in [4.69, 9.17) is 78.7 Å². The van der Waals surface area contributed by atoms with E-state index in [1.54, 1.807) is 0 Å². The maximum atomic E-state index is 12.5. The van der Waals surface area contributed by atoms with Gasteiger partial charge < -0.3 is 9.05 Å². The fraction of sp³-hybridized carbons (Fsp3) is 0.0769. The van der Waals surface area contributed by atoms with Crippen molar-refractivity contribution in [3.63, 3.8) is 0 Å². The number of hydrogen-bond acceptors (Lipinski definition) is 3. The van der Waals surface area contributed by atoms with Crippen LogP contribution < -0.4 is 9.05 Å². The fourth-order valence-electron chi connectivity index (χ4n) is 1.52. The molecule has 0 aliphatic heterocycles. The zero-order valence-corrected chi connectivity index (χ0v) is 16.7. The summed E-state index contributed by atoms with van der Waals surface area (Å²) in [5.41, 5.74) is 0.